The third kappa shape index (κ3) is 5.08. The molecular formula is C22H24N3O3+. The zero-order valence-corrected chi connectivity index (χ0v) is 15.9. The summed E-state index contributed by atoms with van der Waals surface area (Å²) < 4.78 is 5.60. The van der Waals surface area contributed by atoms with Crippen LogP contribution in [0.15, 0.2) is 77.4 Å². The van der Waals surface area contributed by atoms with Crippen LogP contribution in [0.4, 0.5) is 11.4 Å². The lowest BCUT2D eigenvalue weighted by atomic mass is 10.0. The molecule has 0 saturated heterocycles. The molecule has 0 fully saturated rings. The van der Waals surface area contributed by atoms with Gasteiger partial charge in [-0.25, -0.2) is 0 Å². The van der Waals surface area contributed by atoms with Crippen molar-refractivity contribution in [1.29, 1.82) is 0 Å². The number of anilines is 2. The van der Waals surface area contributed by atoms with Gasteiger partial charge in [-0.2, -0.15) is 0 Å². The highest BCUT2D eigenvalue weighted by atomic mass is 16.3. The van der Waals surface area contributed by atoms with Gasteiger partial charge in [-0.05, 0) is 43.3 Å². The SMILES string of the molecule is CC(=O)Nc1ccc(NC(=O)[C@H](C)[NH2+][C@@H](c2ccccc2)c2ccco2)cc1. The average Bonchev–Trinajstić information content (AvgIpc) is 3.22. The van der Waals surface area contributed by atoms with Crippen LogP contribution in [0.5, 0.6) is 0 Å². The van der Waals surface area contributed by atoms with Crippen LogP contribution < -0.4 is 16.0 Å². The summed E-state index contributed by atoms with van der Waals surface area (Å²) in [5.74, 6) is 0.551. The van der Waals surface area contributed by atoms with Crippen molar-refractivity contribution in [3.05, 3.63) is 84.3 Å². The van der Waals surface area contributed by atoms with Crippen molar-refractivity contribution >= 4 is 23.2 Å². The summed E-state index contributed by atoms with van der Waals surface area (Å²) in [5.41, 5.74) is 2.43. The van der Waals surface area contributed by atoms with Crippen LogP contribution in [0.2, 0.25) is 0 Å². The first-order valence-electron chi connectivity index (χ1n) is 9.15. The monoisotopic (exact) mass is 378 g/mol. The topological polar surface area (TPSA) is 88.0 Å². The van der Waals surface area contributed by atoms with Crippen molar-refractivity contribution in [2.24, 2.45) is 0 Å². The molecule has 1 heterocycles. The predicted octanol–water partition coefficient (Wildman–Crippen LogP) is 2.92. The fourth-order valence-electron chi connectivity index (χ4n) is 2.97. The van der Waals surface area contributed by atoms with Gasteiger partial charge in [0.05, 0.1) is 6.26 Å². The normalized spacial score (nSPS) is 12.8. The van der Waals surface area contributed by atoms with E-state index in [2.05, 4.69) is 10.6 Å². The maximum absolute atomic E-state index is 12.7. The van der Waals surface area contributed by atoms with Crippen LogP contribution in [0.25, 0.3) is 0 Å². The van der Waals surface area contributed by atoms with E-state index in [4.69, 9.17) is 4.42 Å². The van der Waals surface area contributed by atoms with Crippen molar-refractivity contribution in [3.8, 4) is 0 Å². The number of rotatable bonds is 7. The molecule has 3 rings (SSSR count). The highest BCUT2D eigenvalue weighted by Gasteiger charge is 2.26. The van der Waals surface area contributed by atoms with E-state index < -0.39 is 0 Å². The molecule has 0 bridgehead atoms. The molecule has 0 aliphatic carbocycles. The molecule has 2 atom stereocenters. The number of amides is 2. The van der Waals surface area contributed by atoms with Crippen LogP contribution >= 0.6 is 0 Å². The largest absolute Gasteiger partial charge is 0.463 e. The molecule has 0 spiro atoms. The van der Waals surface area contributed by atoms with Gasteiger partial charge in [-0.3, -0.25) is 9.59 Å². The first-order chi connectivity index (χ1) is 13.5. The van der Waals surface area contributed by atoms with Gasteiger partial charge in [0.2, 0.25) is 5.91 Å². The van der Waals surface area contributed by atoms with Gasteiger partial charge in [0.1, 0.15) is 0 Å². The Morgan fingerprint density at radius 1 is 0.893 bits per heavy atom. The Balaban J connectivity index is 1.67. The summed E-state index contributed by atoms with van der Waals surface area (Å²) in [6.45, 7) is 3.31. The fourth-order valence-corrected chi connectivity index (χ4v) is 2.97. The molecule has 28 heavy (non-hydrogen) atoms. The number of benzene rings is 2. The van der Waals surface area contributed by atoms with Crippen LogP contribution in [0, 0.1) is 0 Å². The second-order valence-corrected chi connectivity index (χ2v) is 6.63. The molecule has 0 radical (unpaired) electrons. The van der Waals surface area contributed by atoms with E-state index in [-0.39, 0.29) is 23.9 Å². The Hall–Kier alpha value is -3.38. The van der Waals surface area contributed by atoms with Crippen molar-refractivity contribution in [3.63, 3.8) is 0 Å². The molecule has 6 nitrogen and oxygen atoms in total. The molecule has 4 N–H and O–H groups in total. The number of carbonyl (C=O) groups excluding carboxylic acids is 2. The van der Waals surface area contributed by atoms with E-state index in [9.17, 15) is 9.59 Å². The maximum atomic E-state index is 12.7. The Morgan fingerprint density at radius 2 is 1.54 bits per heavy atom. The van der Waals surface area contributed by atoms with E-state index in [1.807, 2.05) is 54.7 Å². The number of carbonyl (C=O) groups is 2. The minimum absolute atomic E-state index is 0.111. The van der Waals surface area contributed by atoms with Gasteiger partial charge >= 0.3 is 0 Å². The predicted molar refractivity (Wildman–Crippen MR) is 108 cm³/mol. The summed E-state index contributed by atoms with van der Waals surface area (Å²) in [6.07, 6.45) is 1.64. The van der Waals surface area contributed by atoms with E-state index in [1.54, 1.807) is 30.5 Å². The van der Waals surface area contributed by atoms with Crippen LogP contribution in [0.3, 0.4) is 0 Å². The molecule has 2 amide bonds. The molecule has 0 aliphatic rings. The van der Waals surface area contributed by atoms with E-state index in [0.717, 1.165) is 11.3 Å². The summed E-state index contributed by atoms with van der Waals surface area (Å²) in [5, 5.41) is 7.59. The zero-order valence-electron chi connectivity index (χ0n) is 15.9. The van der Waals surface area contributed by atoms with Gasteiger partial charge in [0, 0.05) is 23.9 Å². The third-order valence-corrected chi connectivity index (χ3v) is 4.38. The fraction of sp³-hybridized carbons (Fsp3) is 0.182. The van der Waals surface area contributed by atoms with Gasteiger partial charge in [-0.15, -0.1) is 0 Å². The highest BCUT2D eigenvalue weighted by molar-refractivity contribution is 5.94. The standard InChI is InChI=1S/C22H23N3O3/c1-15(22(27)25-19-12-10-18(11-13-19)24-16(2)26)23-21(20-9-6-14-28-20)17-7-4-3-5-8-17/h3-15,21,23H,1-2H3,(H,24,26)(H,25,27)/p+1/t15-,21-/m0/s1. The first kappa shape index (κ1) is 19.4. The Kier molecular flexibility index (Phi) is 6.24. The second-order valence-electron chi connectivity index (χ2n) is 6.63. The van der Waals surface area contributed by atoms with Gasteiger partial charge < -0.3 is 20.4 Å². The highest BCUT2D eigenvalue weighted by Crippen LogP contribution is 2.19. The molecule has 0 saturated carbocycles. The summed E-state index contributed by atoms with van der Waals surface area (Å²) in [4.78, 5) is 23.8. The number of hydrogen-bond acceptors (Lipinski definition) is 3. The number of furan rings is 1. The lowest BCUT2D eigenvalue weighted by Gasteiger charge is -2.19. The molecule has 144 valence electrons. The molecule has 2 aromatic carbocycles. The number of nitrogens with two attached hydrogens (primary N) is 1. The van der Waals surface area contributed by atoms with Crippen LogP contribution in [0.1, 0.15) is 31.2 Å². The van der Waals surface area contributed by atoms with E-state index >= 15 is 0 Å². The van der Waals surface area contributed by atoms with Gasteiger partial charge in [-0.1, -0.05) is 30.3 Å². The van der Waals surface area contributed by atoms with Crippen molar-refractivity contribution in [1.82, 2.24) is 0 Å². The Bertz CT molecular complexity index is 906. The molecule has 1 aromatic heterocycles. The Morgan fingerprint density at radius 3 is 2.11 bits per heavy atom. The number of nitrogens with one attached hydrogen (secondary N) is 2. The van der Waals surface area contributed by atoms with E-state index in [1.165, 1.54) is 6.92 Å². The minimum Gasteiger partial charge on any atom is -0.463 e. The van der Waals surface area contributed by atoms with Crippen LogP contribution in [-0.2, 0) is 9.59 Å². The van der Waals surface area contributed by atoms with Crippen molar-refractivity contribution < 1.29 is 19.3 Å². The summed E-state index contributed by atoms with van der Waals surface area (Å²) >= 11 is 0. The molecular weight excluding hydrogens is 354 g/mol. The molecule has 0 aliphatic heterocycles. The number of quaternary nitrogens is 1. The Labute approximate surface area is 164 Å². The zero-order chi connectivity index (χ0) is 19.9. The average molecular weight is 378 g/mol. The quantitative estimate of drug-likeness (QED) is 0.591. The summed E-state index contributed by atoms with van der Waals surface area (Å²) in [7, 11) is 0. The molecule has 6 heteroatoms. The summed E-state index contributed by atoms with van der Waals surface area (Å²) in [6, 6.07) is 20.3. The lowest BCUT2D eigenvalue weighted by Crippen LogP contribution is -2.92. The first-order valence-corrected chi connectivity index (χ1v) is 9.15. The minimum atomic E-state index is -0.342. The van der Waals surface area contributed by atoms with Gasteiger partial charge in [0.25, 0.3) is 5.91 Å². The van der Waals surface area contributed by atoms with Crippen molar-refractivity contribution in [2.45, 2.75) is 25.9 Å². The van der Waals surface area contributed by atoms with E-state index in [0.29, 0.717) is 11.4 Å². The van der Waals surface area contributed by atoms with Crippen molar-refractivity contribution in [2.75, 3.05) is 10.6 Å². The second kappa shape index (κ2) is 9.01. The molecule has 0 unspecified atom stereocenters. The lowest BCUT2D eigenvalue weighted by molar-refractivity contribution is -0.706. The van der Waals surface area contributed by atoms with Gasteiger partial charge in [0.15, 0.2) is 17.8 Å². The van der Waals surface area contributed by atoms with Crippen LogP contribution in [-0.4, -0.2) is 17.9 Å². The maximum Gasteiger partial charge on any atom is 0.282 e. The smallest absolute Gasteiger partial charge is 0.282 e. The molecule has 3 aromatic rings. The third-order valence-electron chi connectivity index (χ3n) is 4.38. The number of hydrogen-bond donors (Lipinski definition) is 3.